The van der Waals surface area contributed by atoms with Crippen molar-refractivity contribution in [3.8, 4) is 11.5 Å². The van der Waals surface area contributed by atoms with Crippen molar-refractivity contribution in [2.75, 3.05) is 0 Å². The van der Waals surface area contributed by atoms with E-state index in [0.717, 1.165) is 0 Å². The van der Waals surface area contributed by atoms with E-state index in [9.17, 15) is 9.90 Å². The highest BCUT2D eigenvalue weighted by molar-refractivity contribution is 5.83. The van der Waals surface area contributed by atoms with Crippen molar-refractivity contribution in [3.63, 3.8) is 0 Å². The van der Waals surface area contributed by atoms with Crippen LogP contribution in [0.5, 0.6) is 11.5 Å². The van der Waals surface area contributed by atoms with Crippen LogP contribution in [-0.4, -0.2) is 25.7 Å². The SMILES string of the molecule is CCn1c(COc2ccccc2O)cnc1C(=O)O. The minimum atomic E-state index is -1.07. The number of rotatable bonds is 5. The van der Waals surface area contributed by atoms with Crippen LogP contribution in [0, 0.1) is 0 Å². The Bertz CT molecular complexity index is 592. The molecule has 0 saturated carbocycles. The number of aromatic hydroxyl groups is 1. The van der Waals surface area contributed by atoms with Gasteiger partial charge in [-0.05, 0) is 19.1 Å². The van der Waals surface area contributed by atoms with E-state index in [4.69, 9.17) is 9.84 Å². The summed E-state index contributed by atoms with van der Waals surface area (Å²) in [5, 5.41) is 18.5. The first kappa shape index (κ1) is 12.9. The summed E-state index contributed by atoms with van der Waals surface area (Å²) in [5.74, 6) is -0.694. The van der Waals surface area contributed by atoms with Crippen molar-refractivity contribution < 1.29 is 19.7 Å². The highest BCUT2D eigenvalue weighted by Gasteiger charge is 2.15. The third-order valence-electron chi connectivity index (χ3n) is 2.69. The van der Waals surface area contributed by atoms with Gasteiger partial charge in [-0.2, -0.15) is 0 Å². The van der Waals surface area contributed by atoms with E-state index < -0.39 is 5.97 Å². The predicted octanol–water partition coefficient (Wildman–Crippen LogP) is 1.89. The molecular weight excluding hydrogens is 248 g/mol. The molecule has 0 aliphatic carbocycles. The molecule has 0 fully saturated rings. The Kier molecular flexibility index (Phi) is 3.70. The Morgan fingerprint density at radius 2 is 2.16 bits per heavy atom. The maximum Gasteiger partial charge on any atom is 0.372 e. The molecule has 6 heteroatoms. The zero-order valence-electron chi connectivity index (χ0n) is 10.4. The zero-order valence-corrected chi connectivity index (χ0v) is 10.4. The van der Waals surface area contributed by atoms with E-state index >= 15 is 0 Å². The summed E-state index contributed by atoms with van der Waals surface area (Å²) in [7, 11) is 0. The van der Waals surface area contributed by atoms with Crippen molar-refractivity contribution >= 4 is 5.97 Å². The number of carbonyl (C=O) groups is 1. The van der Waals surface area contributed by atoms with Crippen LogP contribution in [0.2, 0.25) is 0 Å². The van der Waals surface area contributed by atoms with Gasteiger partial charge < -0.3 is 19.5 Å². The number of para-hydroxylation sites is 2. The number of ether oxygens (including phenoxy) is 1. The molecule has 0 bridgehead atoms. The fourth-order valence-electron chi connectivity index (χ4n) is 1.78. The van der Waals surface area contributed by atoms with Crippen LogP contribution >= 0.6 is 0 Å². The second-order valence-corrected chi connectivity index (χ2v) is 3.88. The van der Waals surface area contributed by atoms with Crippen LogP contribution in [0.25, 0.3) is 0 Å². The molecule has 19 heavy (non-hydrogen) atoms. The smallest absolute Gasteiger partial charge is 0.372 e. The third-order valence-corrected chi connectivity index (χ3v) is 2.69. The molecule has 1 aromatic heterocycles. The zero-order chi connectivity index (χ0) is 13.8. The van der Waals surface area contributed by atoms with Crippen LogP contribution in [0.4, 0.5) is 0 Å². The number of hydrogen-bond acceptors (Lipinski definition) is 4. The number of carboxylic acid groups (broad SMARTS) is 1. The van der Waals surface area contributed by atoms with Gasteiger partial charge in [0, 0.05) is 6.54 Å². The van der Waals surface area contributed by atoms with Gasteiger partial charge in [0.05, 0.1) is 11.9 Å². The number of aromatic nitrogens is 2. The van der Waals surface area contributed by atoms with Gasteiger partial charge in [0.25, 0.3) is 0 Å². The molecule has 2 rings (SSSR count). The number of carboxylic acids is 1. The molecular formula is C13H14N2O4. The molecule has 0 amide bonds. The maximum absolute atomic E-state index is 11.0. The van der Waals surface area contributed by atoms with E-state index in [1.165, 1.54) is 12.3 Å². The Morgan fingerprint density at radius 3 is 2.79 bits per heavy atom. The number of phenolic OH excluding ortho intramolecular Hbond substituents is 1. The van der Waals surface area contributed by atoms with Gasteiger partial charge >= 0.3 is 5.97 Å². The van der Waals surface area contributed by atoms with Crippen LogP contribution < -0.4 is 4.74 Å². The minimum Gasteiger partial charge on any atom is -0.504 e. The standard InChI is InChI=1S/C13H14N2O4/c1-2-15-9(7-14-12(15)13(17)18)8-19-11-6-4-3-5-10(11)16/h3-7,16H,2,8H2,1H3,(H,17,18). The second-order valence-electron chi connectivity index (χ2n) is 3.88. The molecule has 0 aliphatic rings. The number of hydrogen-bond donors (Lipinski definition) is 2. The lowest BCUT2D eigenvalue weighted by atomic mass is 10.3. The fraction of sp³-hybridized carbons (Fsp3) is 0.231. The molecule has 0 unspecified atom stereocenters. The van der Waals surface area contributed by atoms with Crippen molar-refractivity contribution in [2.45, 2.75) is 20.1 Å². The van der Waals surface area contributed by atoms with E-state index in [0.29, 0.717) is 18.0 Å². The van der Waals surface area contributed by atoms with Crippen molar-refractivity contribution in [3.05, 3.63) is 42.0 Å². The maximum atomic E-state index is 11.0. The average Bonchev–Trinajstić information content (AvgIpc) is 2.81. The largest absolute Gasteiger partial charge is 0.504 e. The highest BCUT2D eigenvalue weighted by atomic mass is 16.5. The number of phenols is 1. The first-order valence-electron chi connectivity index (χ1n) is 5.82. The molecule has 1 heterocycles. The van der Waals surface area contributed by atoms with Gasteiger partial charge in [0.2, 0.25) is 5.82 Å². The average molecular weight is 262 g/mol. The second kappa shape index (κ2) is 5.43. The summed E-state index contributed by atoms with van der Waals surface area (Å²) >= 11 is 0. The lowest BCUT2D eigenvalue weighted by Crippen LogP contribution is -2.12. The topological polar surface area (TPSA) is 84.6 Å². The normalized spacial score (nSPS) is 10.4. The van der Waals surface area contributed by atoms with Crippen LogP contribution in [-0.2, 0) is 13.2 Å². The highest BCUT2D eigenvalue weighted by Crippen LogP contribution is 2.25. The van der Waals surface area contributed by atoms with Gasteiger partial charge in [-0.25, -0.2) is 9.78 Å². The lowest BCUT2D eigenvalue weighted by molar-refractivity contribution is 0.0677. The molecule has 1 aromatic carbocycles. The molecule has 0 radical (unpaired) electrons. The van der Waals surface area contributed by atoms with E-state index in [1.54, 1.807) is 22.8 Å². The molecule has 2 aromatic rings. The van der Waals surface area contributed by atoms with E-state index in [2.05, 4.69) is 4.98 Å². The lowest BCUT2D eigenvalue weighted by Gasteiger charge is -2.10. The quantitative estimate of drug-likeness (QED) is 0.859. The van der Waals surface area contributed by atoms with Crippen molar-refractivity contribution in [2.24, 2.45) is 0 Å². The molecule has 0 aliphatic heterocycles. The molecule has 2 N–H and O–H groups in total. The van der Waals surface area contributed by atoms with Crippen molar-refractivity contribution in [1.29, 1.82) is 0 Å². The van der Waals surface area contributed by atoms with Crippen LogP contribution in [0.15, 0.2) is 30.5 Å². The number of imidazole rings is 1. The van der Waals surface area contributed by atoms with Gasteiger partial charge in [-0.15, -0.1) is 0 Å². The predicted molar refractivity (Wildman–Crippen MR) is 67.3 cm³/mol. The number of aromatic carboxylic acids is 1. The molecule has 0 spiro atoms. The number of nitrogens with zero attached hydrogens (tertiary/aromatic N) is 2. The summed E-state index contributed by atoms with van der Waals surface area (Å²) in [5.41, 5.74) is 0.642. The van der Waals surface area contributed by atoms with Gasteiger partial charge in [-0.3, -0.25) is 0 Å². The van der Waals surface area contributed by atoms with E-state index in [-0.39, 0.29) is 18.2 Å². The summed E-state index contributed by atoms with van der Waals surface area (Å²) in [6, 6.07) is 6.60. The van der Waals surface area contributed by atoms with E-state index in [1.807, 2.05) is 6.92 Å². The molecule has 100 valence electrons. The van der Waals surface area contributed by atoms with Crippen LogP contribution in [0.1, 0.15) is 23.2 Å². The minimum absolute atomic E-state index is 0.0154. The third kappa shape index (κ3) is 2.67. The monoisotopic (exact) mass is 262 g/mol. The van der Waals surface area contributed by atoms with Gasteiger partial charge in [-0.1, -0.05) is 12.1 Å². The summed E-state index contributed by atoms with van der Waals surface area (Å²) in [4.78, 5) is 14.8. The molecule has 0 atom stereocenters. The number of benzene rings is 1. The first-order valence-corrected chi connectivity index (χ1v) is 5.82. The molecule has 0 saturated heterocycles. The summed E-state index contributed by atoms with van der Waals surface area (Å²) in [6.45, 7) is 2.46. The van der Waals surface area contributed by atoms with Gasteiger partial charge in [0.15, 0.2) is 11.5 Å². The first-order chi connectivity index (χ1) is 9.13. The van der Waals surface area contributed by atoms with Crippen molar-refractivity contribution in [1.82, 2.24) is 9.55 Å². The fourth-order valence-corrected chi connectivity index (χ4v) is 1.78. The Morgan fingerprint density at radius 1 is 1.42 bits per heavy atom. The summed E-state index contributed by atoms with van der Waals surface area (Å²) in [6.07, 6.45) is 1.47. The Labute approximate surface area is 109 Å². The van der Waals surface area contributed by atoms with Crippen LogP contribution in [0.3, 0.4) is 0 Å². The Balaban J connectivity index is 2.16. The van der Waals surface area contributed by atoms with Gasteiger partial charge in [0.1, 0.15) is 6.61 Å². The summed E-state index contributed by atoms with van der Waals surface area (Å²) < 4.78 is 7.01. The Hall–Kier alpha value is -2.50. The molecule has 6 nitrogen and oxygen atoms in total.